The smallest absolute Gasteiger partial charge is 0.268 e. The summed E-state index contributed by atoms with van der Waals surface area (Å²) < 4.78 is 27.4. The average Bonchev–Trinajstić information content (AvgIpc) is 2.81. The van der Waals surface area contributed by atoms with Crippen LogP contribution in [0.15, 0.2) is 45.8 Å². The Kier molecular flexibility index (Phi) is 5.27. The van der Waals surface area contributed by atoms with E-state index < -0.39 is 22.8 Å². The first-order valence-electron chi connectivity index (χ1n) is 7.00. The molecule has 1 aliphatic heterocycles. The van der Waals surface area contributed by atoms with E-state index in [9.17, 15) is 18.4 Å². The molecule has 0 N–H and O–H groups in total. The molecule has 2 aromatic rings. The third kappa shape index (κ3) is 3.78. The van der Waals surface area contributed by atoms with Crippen molar-refractivity contribution in [3.8, 4) is 0 Å². The molecule has 3 rings (SSSR count). The maximum atomic E-state index is 13.9. The molecule has 0 bridgehead atoms. The highest BCUT2D eigenvalue weighted by atomic mass is 79.9. The van der Waals surface area contributed by atoms with Gasteiger partial charge in [-0.05, 0) is 63.6 Å². The van der Waals surface area contributed by atoms with Crippen molar-refractivity contribution in [2.75, 3.05) is 0 Å². The SMILES string of the molecule is O=C1S/C(=C/c2ccc(F)c(Br)c2)C(=O)N1Cc1c(F)cccc1Cl. The number of halogens is 4. The van der Waals surface area contributed by atoms with Gasteiger partial charge in [0.25, 0.3) is 11.1 Å². The minimum Gasteiger partial charge on any atom is -0.268 e. The van der Waals surface area contributed by atoms with E-state index >= 15 is 0 Å². The van der Waals surface area contributed by atoms with Gasteiger partial charge in [0, 0.05) is 10.6 Å². The van der Waals surface area contributed by atoms with Gasteiger partial charge in [-0.15, -0.1) is 0 Å². The van der Waals surface area contributed by atoms with E-state index in [1.165, 1.54) is 42.5 Å². The fourth-order valence-electron chi connectivity index (χ4n) is 2.23. The first-order chi connectivity index (χ1) is 11.9. The second kappa shape index (κ2) is 7.27. The molecule has 2 aromatic carbocycles. The van der Waals surface area contributed by atoms with E-state index in [1.807, 2.05) is 0 Å². The number of hydrogen-bond acceptors (Lipinski definition) is 3. The Hall–Kier alpha value is -1.70. The molecule has 0 atom stereocenters. The molecule has 0 saturated carbocycles. The number of carbonyl (C=O) groups is 2. The Morgan fingerprint density at radius 1 is 1.16 bits per heavy atom. The number of benzene rings is 2. The van der Waals surface area contributed by atoms with E-state index in [0.717, 1.165) is 16.7 Å². The maximum absolute atomic E-state index is 13.9. The summed E-state index contributed by atoms with van der Waals surface area (Å²) in [5.74, 6) is -1.56. The quantitative estimate of drug-likeness (QED) is 0.577. The van der Waals surface area contributed by atoms with Gasteiger partial charge < -0.3 is 0 Å². The molecule has 128 valence electrons. The van der Waals surface area contributed by atoms with Gasteiger partial charge in [-0.1, -0.05) is 23.7 Å². The van der Waals surface area contributed by atoms with Crippen LogP contribution in [0.2, 0.25) is 5.02 Å². The molecule has 0 aromatic heterocycles. The highest BCUT2D eigenvalue weighted by molar-refractivity contribution is 9.10. The number of carbonyl (C=O) groups excluding carboxylic acids is 2. The molecule has 0 unspecified atom stereocenters. The lowest BCUT2D eigenvalue weighted by Gasteiger charge is -2.14. The minimum atomic E-state index is -0.585. The predicted molar refractivity (Wildman–Crippen MR) is 97.0 cm³/mol. The largest absolute Gasteiger partial charge is 0.293 e. The van der Waals surface area contributed by atoms with Gasteiger partial charge in [0.15, 0.2) is 0 Å². The number of hydrogen-bond donors (Lipinski definition) is 0. The van der Waals surface area contributed by atoms with E-state index in [4.69, 9.17) is 11.6 Å². The molecule has 0 aliphatic carbocycles. The summed E-state index contributed by atoms with van der Waals surface area (Å²) in [6.07, 6.45) is 1.48. The lowest BCUT2D eigenvalue weighted by Crippen LogP contribution is -2.28. The van der Waals surface area contributed by atoms with Crippen LogP contribution in [-0.2, 0) is 11.3 Å². The second-order valence-corrected chi connectivity index (χ2v) is 7.40. The average molecular weight is 445 g/mol. The lowest BCUT2D eigenvalue weighted by atomic mass is 10.2. The van der Waals surface area contributed by atoms with E-state index in [2.05, 4.69) is 15.9 Å². The third-order valence-electron chi connectivity index (χ3n) is 3.49. The Morgan fingerprint density at radius 3 is 2.60 bits per heavy atom. The van der Waals surface area contributed by atoms with E-state index in [0.29, 0.717) is 5.56 Å². The van der Waals surface area contributed by atoms with Crippen molar-refractivity contribution in [1.29, 1.82) is 0 Å². The number of imide groups is 1. The number of thioether (sulfide) groups is 1. The molecule has 0 radical (unpaired) electrons. The van der Waals surface area contributed by atoms with Crippen LogP contribution >= 0.6 is 39.3 Å². The zero-order valence-electron chi connectivity index (χ0n) is 12.4. The predicted octanol–water partition coefficient (Wildman–Crippen LogP) is 5.62. The first kappa shape index (κ1) is 18.1. The van der Waals surface area contributed by atoms with Crippen LogP contribution in [0.1, 0.15) is 11.1 Å². The zero-order chi connectivity index (χ0) is 18.1. The fraction of sp³-hybridized carbons (Fsp3) is 0.0588. The Labute approximate surface area is 159 Å². The molecular formula is C17H9BrClF2NO2S. The van der Waals surface area contributed by atoms with Crippen molar-refractivity contribution in [1.82, 2.24) is 4.90 Å². The molecule has 2 amide bonds. The van der Waals surface area contributed by atoms with Crippen molar-refractivity contribution in [2.45, 2.75) is 6.54 Å². The van der Waals surface area contributed by atoms with Crippen LogP contribution in [0.3, 0.4) is 0 Å². The van der Waals surface area contributed by atoms with Crippen molar-refractivity contribution in [3.05, 3.63) is 73.6 Å². The molecule has 1 aliphatic rings. The highest BCUT2D eigenvalue weighted by Crippen LogP contribution is 2.35. The number of nitrogens with zero attached hydrogens (tertiary/aromatic N) is 1. The zero-order valence-corrected chi connectivity index (χ0v) is 15.6. The van der Waals surface area contributed by atoms with Crippen molar-refractivity contribution in [3.63, 3.8) is 0 Å². The molecule has 1 saturated heterocycles. The van der Waals surface area contributed by atoms with E-state index in [1.54, 1.807) is 0 Å². The van der Waals surface area contributed by atoms with Gasteiger partial charge in [0.2, 0.25) is 0 Å². The summed E-state index contributed by atoms with van der Waals surface area (Å²) in [5, 5.41) is -0.373. The monoisotopic (exact) mass is 443 g/mol. The summed E-state index contributed by atoms with van der Waals surface area (Å²) in [5.41, 5.74) is 0.639. The van der Waals surface area contributed by atoms with E-state index in [-0.39, 0.29) is 26.5 Å². The summed E-state index contributed by atoms with van der Waals surface area (Å²) in [4.78, 5) is 25.7. The van der Waals surface area contributed by atoms with Crippen LogP contribution in [0.4, 0.5) is 13.6 Å². The van der Waals surface area contributed by atoms with Gasteiger partial charge in [-0.25, -0.2) is 8.78 Å². The standard InChI is InChI=1S/C17H9BrClF2NO2S/c18-11-6-9(4-5-14(11)21)7-15-16(23)22(17(24)25-15)8-10-12(19)2-1-3-13(10)20/h1-7H,8H2/b15-7+. The molecule has 1 heterocycles. The van der Waals surface area contributed by atoms with Crippen molar-refractivity contribution in [2.24, 2.45) is 0 Å². The third-order valence-corrected chi connectivity index (χ3v) is 5.36. The van der Waals surface area contributed by atoms with Crippen molar-refractivity contribution >= 4 is 56.5 Å². The van der Waals surface area contributed by atoms with Crippen molar-refractivity contribution < 1.29 is 18.4 Å². The van der Waals surface area contributed by atoms with Crippen LogP contribution in [0.5, 0.6) is 0 Å². The molecule has 8 heteroatoms. The number of rotatable bonds is 3. The minimum absolute atomic E-state index is 0.0808. The summed E-state index contributed by atoms with van der Waals surface area (Å²) in [6, 6.07) is 8.39. The topological polar surface area (TPSA) is 37.4 Å². The summed E-state index contributed by atoms with van der Waals surface area (Å²) in [7, 11) is 0. The summed E-state index contributed by atoms with van der Waals surface area (Å²) in [6.45, 7) is -0.249. The Balaban J connectivity index is 1.87. The van der Waals surface area contributed by atoms with Crippen LogP contribution < -0.4 is 0 Å². The van der Waals surface area contributed by atoms with Crippen LogP contribution in [0, 0.1) is 11.6 Å². The lowest BCUT2D eigenvalue weighted by molar-refractivity contribution is -0.123. The maximum Gasteiger partial charge on any atom is 0.293 e. The van der Waals surface area contributed by atoms with Gasteiger partial charge in [-0.2, -0.15) is 0 Å². The highest BCUT2D eigenvalue weighted by Gasteiger charge is 2.35. The first-order valence-corrected chi connectivity index (χ1v) is 8.99. The normalized spacial score (nSPS) is 16.2. The Morgan fingerprint density at radius 2 is 1.92 bits per heavy atom. The Bertz CT molecular complexity index is 899. The molecule has 0 spiro atoms. The number of amides is 2. The molecular weight excluding hydrogens is 436 g/mol. The van der Waals surface area contributed by atoms with Gasteiger partial charge in [0.05, 0.1) is 15.9 Å². The summed E-state index contributed by atoms with van der Waals surface area (Å²) >= 11 is 9.76. The molecule has 1 fully saturated rings. The van der Waals surface area contributed by atoms with Crippen LogP contribution in [0.25, 0.3) is 6.08 Å². The fourth-order valence-corrected chi connectivity index (χ4v) is 3.69. The van der Waals surface area contributed by atoms with Gasteiger partial charge >= 0.3 is 0 Å². The molecule has 25 heavy (non-hydrogen) atoms. The van der Waals surface area contributed by atoms with Gasteiger partial charge in [0.1, 0.15) is 11.6 Å². The van der Waals surface area contributed by atoms with Gasteiger partial charge in [-0.3, -0.25) is 14.5 Å². The molecule has 3 nitrogen and oxygen atoms in total. The van der Waals surface area contributed by atoms with Crippen LogP contribution in [-0.4, -0.2) is 16.0 Å². The second-order valence-electron chi connectivity index (χ2n) is 5.14.